The number of nitrogens with zero attached hydrogens (tertiary/aromatic N) is 1. The second kappa shape index (κ2) is 7.97. The maximum absolute atomic E-state index is 12.9. The third-order valence-electron chi connectivity index (χ3n) is 6.12. The van der Waals surface area contributed by atoms with E-state index >= 15 is 0 Å². The molecule has 1 saturated heterocycles. The van der Waals surface area contributed by atoms with E-state index in [4.69, 9.17) is 4.74 Å². The molecule has 0 unspecified atom stereocenters. The minimum atomic E-state index is -1.01. The van der Waals surface area contributed by atoms with Crippen LogP contribution in [-0.4, -0.2) is 46.8 Å². The van der Waals surface area contributed by atoms with Gasteiger partial charge in [-0.3, -0.25) is 19.3 Å². The van der Waals surface area contributed by atoms with Crippen LogP contribution in [0, 0.1) is 19.8 Å². The fraction of sp³-hybridized carbons (Fsp3) is 0.545. The molecule has 1 N–H and O–H groups in total. The number of ether oxygens (including phenoxy) is 1. The average molecular weight is 400 g/mol. The Kier molecular flexibility index (Phi) is 5.78. The zero-order valence-electron chi connectivity index (χ0n) is 17.4. The van der Waals surface area contributed by atoms with Crippen molar-refractivity contribution in [1.29, 1.82) is 0 Å². The first-order chi connectivity index (χ1) is 13.7. The molecule has 7 nitrogen and oxygen atoms in total. The molecule has 1 aliphatic carbocycles. The SMILES string of the molecule is Cc1ccc(C)c(C(=O)[C@H](C)OC(=O)CN2C(=O)N[C@@]3(CCCC[C@@H]3C)C2=O)c1. The molecule has 1 aliphatic heterocycles. The lowest BCUT2D eigenvalue weighted by molar-refractivity contribution is -0.150. The van der Waals surface area contributed by atoms with Crippen LogP contribution in [0.5, 0.6) is 0 Å². The van der Waals surface area contributed by atoms with Gasteiger partial charge >= 0.3 is 12.0 Å². The number of carbonyl (C=O) groups excluding carboxylic acids is 4. The smallest absolute Gasteiger partial charge is 0.326 e. The number of amides is 3. The van der Waals surface area contributed by atoms with Crippen molar-refractivity contribution >= 4 is 23.7 Å². The summed E-state index contributed by atoms with van der Waals surface area (Å²) >= 11 is 0. The number of Topliss-reactive ketones (excluding diaryl/α,β-unsaturated/α-hetero) is 1. The van der Waals surface area contributed by atoms with Crippen molar-refractivity contribution in [2.75, 3.05) is 6.54 Å². The number of ketones is 1. The summed E-state index contributed by atoms with van der Waals surface area (Å²) in [6.07, 6.45) is 2.30. The van der Waals surface area contributed by atoms with Gasteiger partial charge in [0, 0.05) is 5.56 Å². The zero-order chi connectivity index (χ0) is 21.3. The van der Waals surface area contributed by atoms with Crippen LogP contribution >= 0.6 is 0 Å². The molecule has 1 aromatic carbocycles. The highest BCUT2D eigenvalue weighted by Crippen LogP contribution is 2.38. The molecule has 29 heavy (non-hydrogen) atoms. The summed E-state index contributed by atoms with van der Waals surface area (Å²) in [6.45, 7) is 6.65. The molecule has 0 radical (unpaired) electrons. The molecule has 1 heterocycles. The van der Waals surface area contributed by atoms with Crippen molar-refractivity contribution in [2.24, 2.45) is 5.92 Å². The van der Waals surface area contributed by atoms with Gasteiger partial charge in [-0.15, -0.1) is 0 Å². The number of hydrogen-bond donors (Lipinski definition) is 1. The van der Waals surface area contributed by atoms with Crippen molar-refractivity contribution in [1.82, 2.24) is 10.2 Å². The molecule has 2 fully saturated rings. The number of esters is 1. The van der Waals surface area contributed by atoms with Crippen molar-refractivity contribution in [3.05, 3.63) is 34.9 Å². The van der Waals surface area contributed by atoms with E-state index in [2.05, 4.69) is 5.32 Å². The number of imide groups is 1. The van der Waals surface area contributed by atoms with Gasteiger partial charge in [0.05, 0.1) is 0 Å². The van der Waals surface area contributed by atoms with Gasteiger partial charge < -0.3 is 10.1 Å². The van der Waals surface area contributed by atoms with E-state index in [1.165, 1.54) is 6.92 Å². The predicted molar refractivity (Wildman–Crippen MR) is 106 cm³/mol. The van der Waals surface area contributed by atoms with Crippen molar-refractivity contribution in [2.45, 2.75) is 65.0 Å². The lowest BCUT2D eigenvalue weighted by Crippen LogP contribution is -2.54. The van der Waals surface area contributed by atoms with Crippen LogP contribution in [0.3, 0.4) is 0 Å². The molecule has 3 amide bonds. The largest absolute Gasteiger partial charge is 0.453 e. The fourth-order valence-electron chi connectivity index (χ4n) is 4.28. The lowest BCUT2D eigenvalue weighted by atomic mass is 9.73. The monoisotopic (exact) mass is 400 g/mol. The van der Waals surface area contributed by atoms with Gasteiger partial charge in [0.1, 0.15) is 12.1 Å². The predicted octanol–water partition coefficient (Wildman–Crippen LogP) is 2.92. The molecule has 1 spiro atoms. The third kappa shape index (κ3) is 3.91. The van der Waals surface area contributed by atoms with Crippen LogP contribution in [-0.2, 0) is 14.3 Å². The summed E-state index contributed by atoms with van der Waals surface area (Å²) in [6, 6.07) is 4.93. The molecule has 0 aromatic heterocycles. The first-order valence-electron chi connectivity index (χ1n) is 10.1. The summed E-state index contributed by atoms with van der Waals surface area (Å²) in [7, 11) is 0. The first-order valence-corrected chi connectivity index (χ1v) is 10.1. The highest BCUT2D eigenvalue weighted by Gasteiger charge is 2.55. The van der Waals surface area contributed by atoms with Crippen LogP contribution in [0.25, 0.3) is 0 Å². The van der Waals surface area contributed by atoms with E-state index in [0.717, 1.165) is 35.3 Å². The van der Waals surface area contributed by atoms with E-state index in [1.54, 1.807) is 6.07 Å². The third-order valence-corrected chi connectivity index (χ3v) is 6.12. The Bertz CT molecular complexity index is 865. The van der Waals surface area contributed by atoms with Gasteiger partial charge in [0.2, 0.25) is 5.78 Å². The van der Waals surface area contributed by atoms with Gasteiger partial charge in [-0.25, -0.2) is 4.79 Å². The highest BCUT2D eigenvalue weighted by atomic mass is 16.5. The van der Waals surface area contributed by atoms with Gasteiger partial charge in [0.15, 0.2) is 6.10 Å². The number of nitrogens with one attached hydrogen (secondary N) is 1. The maximum atomic E-state index is 12.9. The van der Waals surface area contributed by atoms with Gasteiger partial charge in [-0.1, -0.05) is 37.5 Å². The fourth-order valence-corrected chi connectivity index (χ4v) is 4.28. The number of carbonyl (C=O) groups is 4. The number of benzene rings is 1. The lowest BCUT2D eigenvalue weighted by Gasteiger charge is -2.36. The second-order valence-electron chi connectivity index (χ2n) is 8.25. The van der Waals surface area contributed by atoms with E-state index in [-0.39, 0.29) is 17.6 Å². The standard InChI is InChI=1S/C22H28N2O5/c1-13-8-9-14(2)17(11-13)19(26)16(4)29-18(25)12-24-20(27)22(23-21(24)28)10-6-5-7-15(22)3/h8-9,11,15-16H,5-7,10,12H2,1-4H3,(H,23,28)/t15-,16-,22+/m0/s1. The Hall–Kier alpha value is -2.70. The quantitative estimate of drug-likeness (QED) is 0.466. The minimum absolute atomic E-state index is 0.0125. The highest BCUT2D eigenvalue weighted by molar-refractivity contribution is 6.09. The molecular formula is C22H28N2O5. The molecular weight excluding hydrogens is 372 g/mol. The molecule has 0 bridgehead atoms. The van der Waals surface area contributed by atoms with E-state index < -0.39 is 30.2 Å². The van der Waals surface area contributed by atoms with Crippen LogP contribution in [0.15, 0.2) is 18.2 Å². The number of urea groups is 1. The minimum Gasteiger partial charge on any atom is -0.453 e. The van der Waals surface area contributed by atoms with Gasteiger partial charge in [0.25, 0.3) is 5.91 Å². The molecule has 7 heteroatoms. The van der Waals surface area contributed by atoms with Crippen LogP contribution in [0.1, 0.15) is 61.0 Å². The molecule has 3 rings (SSSR count). The molecule has 2 aliphatic rings. The number of rotatable bonds is 5. The summed E-state index contributed by atoms with van der Waals surface area (Å²) in [5.41, 5.74) is 1.31. The van der Waals surface area contributed by atoms with Gasteiger partial charge in [-0.05, 0) is 51.2 Å². The Morgan fingerprint density at radius 2 is 2.00 bits per heavy atom. The average Bonchev–Trinajstić information content (AvgIpc) is 2.90. The van der Waals surface area contributed by atoms with Crippen LogP contribution in [0.2, 0.25) is 0 Å². The summed E-state index contributed by atoms with van der Waals surface area (Å²) in [5.74, 6) is -1.45. The van der Waals surface area contributed by atoms with Crippen LogP contribution in [0.4, 0.5) is 4.79 Å². The van der Waals surface area contributed by atoms with E-state index in [9.17, 15) is 19.2 Å². The van der Waals surface area contributed by atoms with E-state index in [1.807, 2.05) is 32.9 Å². The Balaban J connectivity index is 1.66. The molecule has 3 atom stereocenters. The van der Waals surface area contributed by atoms with Crippen molar-refractivity contribution in [3.63, 3.8) is 0 Å². The molecule has 1 saturated carbocycles. The van der Waals surface area contributed by atoms with E-state index in [0.29, 0.717) is 12.0 Å². The molecule has 1 aromatic rings. The summed E-state index contributed by atoms with van der Waals surface area (Å²) in [5, 5.41) is 2.80. The molecule has 156 valence electrons. The Labute approximate surface area is 170 Å². The first kappa shape index (κ1) is 21.0. The van der Waals surface area contributed by atoms with Crippen molar-refractivity contribution in [3.8, 4) is 0 Å². The number of aryl methyl sites for hydroxylation is 2. The van der Waals surface area contributed by atoms with Gasteiger partial charge in [-0.2, -0.15) is 0 Å². The Morgan fingerprint density at radius 3 is 2.69 bits per heavy atom. The second-order valence-corrected chi connectivity index (χ2v) is 8.25. The van der Waals surface area contributed by atoms with Crippen molar-refractivity contribution < 1.29 is 23.9 Å². The summed E-state index contributed by atoms with van der Waals surface area (Å²) in [4.78, 5) is 51.3. The maximum Gasteiger partial charge on any atom is 0.326 e. The zero-order valence-corrected chi connectivity index (χ0v) is 17.4. The van der Waals surface area contributed by atoms with Crippen LogP contribution < -0.4 is 5.32 Å². The Morgan fingerprint density at radius 1 is 1.28 bits per heavy atom. The topological polar surface area (TPSA) is 92.8 Å². The summed E-state index contributed by atoms with van der Waals surface area (Å²) < 4.78 is 5.26. The normalized spacial score (nSPS) is 25.1. The number of hydrogen-bond acceptors (Lipinski definition) is 5.